The minimum absolute atomic E-state index is 0.785. The minimum atomic E-state index is 0.785. The number of hydrogen-bond donors (Lipinski definition) is 0. The van der Waals surface area contributed by atoms with Crippen molar-refractivity contribution in [1.29, 1.82) is 0 Å². The Morgan fingerprint density at radius 3 is 1.73 bits per heavy atom. The van der Waals surface area contributed by atoms with Crippen molar-refractivity contribution in [1.82, 2.24) is 0 Å². The summed E-state index contributed by atoms with van der Waals surface area (Å²) in [6.45, 7) is 11.1. The SMILES string of the molecule is C/C=C(/CC)OCC.CCC. The van der Waals surface area contributed by atoms with Gasteiger partial charge in [-0.2, -0.15) is 0 Å². The average Bonchev–Trinajstić information content (AvgIpc) is 2.02. The van der Waals surface area contributed by atoms with Crippen LogP contribution in [0.15, 0.2) is 11.8 Å². The lowest BCUT2D eigenvalue weighted by atomic mass is 10.4. The highest BCUT2D eigenvalue weighted by atomic mass is 16.5. The van der Waals surface area contributed by atoms with E-state index in [1.165, 1.54) is 6.42 Å². The molecule has 0 N–H and O–H groups in total. The molecule has 0 aromatic heterocycles. The number of allylic oxidation sites excluding steroid dienone is 2. The second kappa shape index (κ2) is 12.2. The zero-order valence-corrected chi connectivity index (χ0v) is 8.61. The Morgan fingerprint density at radius 1 is 1.18 bits per heavy atom. The summed E-state index contributed by atoms with van der Waals surface area (Å²) >= 11 is 0. The molecule has 0 fully saturated rings. The zero-order valence-electron chi connectivity index (χ0n) is 8.61. The quantitative estimate of drug-likeness (QED) is 0.568. The Hall–Kier alpha value is -0.460. The molecule has 0 unspecified atom stereocenters. The third-order valence-corrected chi connectivity index (χ3v) is 1.00. The lowest BCUT2D eigenvalue weighted by Crippen LogP contribution is -1.87. The predicted octanol–water partition coefficient (Wildman–Crippen LogP) is 3.75. The van der Waals surface area contributed by atoms with Crippen LogP contribution in [0.25, 0.3) is 0 Å². The predicted molar refractivity (Wildman–Crippen MR) is 51.6 cm³/mol. The largest absolute Gasteiger partial charge is 0.499 e. The molecule has 0 aliphatic heterocycles. The van der Waals surface area contributed by atoms with Crippen molar-refractivity contribution in [2.45, 2.75) is 47.5 Å². The fourth-order valence-corrected chi connectivity index (χ4v) is 0.575. The lowest BCUT2D eigenvalue weighted by Gasteiger charge is -2.02. The van der Waals surface area contributed by atoms with Crippen molar-refractivity contribution in [3.63, 3.8) is 0 Å². The molecule has 11 heavy (non-hydrogen) atoms. The Labute approximate surface area is 71.5 Å². The molecular weight excluding hydrogens is 136 g/mol. The van der Waals surface area contributed by atoms with Gasteiger partial charge in [0.2, 0.25) is 0 Å². The van der Waals surface area contributed by atoms with E-state index in [1.807, 2.05) is 19.9 Å². The van der Waals surface area contributed by atoms with Gasteiger partial charge in [-0.05, 0) is 19.9 Å². The van der Waals surface area contributed by atoms with Gasteiger partial charge in [-0.3, -0.25) is 0 Å². The molecule has 0 saturated carbocycles. The van der Waals surface area contributed by atoms with Crippen molar-refractivity contribution in [3.05, 3.63) is 11.8 Å². The standard InChI is InChI=1S/C7H14O.C3H8/c1-4-7(5-2)8-6-3;1-3-2/h4H,5-6H2,1-3H3;3H2,1-2H3/b7-4-;. The second-order valence-electron chi connectivity index (χ2n) is 2.25. The Balaban J connectivity index is 0. The van der Waals surface area contributed by atoms with Crippen molar-refractivity contribution >= 4 is 0 Å². The summed E-state index contributed by atoms with van der Waals surface area (Å²) in [7, 11) is 0. The van der Waals surface area contributed by atoms with E-state index in [4.69, 9.17) is 4.74 Å². The molecule has 0 atom stereocenters. The monoisotopic (exact) mass is 158 g/mol. The Morgan fingerprint density at radius 2 is 1.64 bits per heavy atom. The third kappa shape index (κ3) is 12.7. The van der Waals surface area contributed by atoms with Gasteiger partial charge >= 0.3 is 0 Å². The van der Waals surface area contributed by atoms with Gasteiger partial charge in [0.15, 0.2) is 0 Å². The summed E-state index contributed by atoms with van der Waals surface area (Å²) in [4.78, 5) is 0. The molecule has 0 spiro atoms. The molecule has 1 nitrogen and oxygen atoms in total. The van der Waals surface area contributed by atoms with Crippen LogP contribution in [0.3, 0.4) is 0 Å². The Kier molecular flexibility index (Phi) is 14.6. The molecule has 0 bridgehead atoms. The van der Waals surface area contributed by atoms with E-state index >= 15 is 0 Å². The molecule has 0 aliphatic carbocycles. The van der Waals surface area contributed by atoms with Gasteiger partial charge in [-0.25, -0.2) is 0 Å². The van der Waals surface area contributed by atoms with E-state index in [-0.39, 0.29) is 0 Å². The third-order valence-electron chi connectivity index (χ3n) is 1.00. The molecular formula is C10H22O. The molecule has 0 radical (unpaired) electrons. The van der Waals surface area contributed by atoms with Gasteiger partial charge in [0.05, 0.1) is 12.4 Å². The van der Waals surface area contributed by atoms with Gasteiger partial charge in [-0.1, -0.05) is 27.2 Å². The molecule has 0 aromatic rings. The van der Waals surface area contributed by atoms with Crippen LogP contribution < -0.4 is 0 Å². The maximum atomic E-state index is 5.20. The molecule has 1 heteroatoms. The molecule has 0 saturated heterocycles. The summed E-state index contributed by atoms with van der Waals surface area (Å²) in [5, 5.41) is 0. The first-order valence-corrected chi connectivity index (χ1v) is 4.54. The van der Waals surface area contributed by atoms with Gasteiger partial charge in [0.25, 0.3) is 0 Å². The molecule has 68 valence electrons. The maximum Gasteiger partial charge on any atom is 0.0914 e. The summed E-state index contributed by atoms with van der Waals surface area (Å²) in [5.74, 6) is 1.09. The van der Waals surface area contributed by atoms with Crippen LogP contribution in [0.1, 0.15) is 47.5 Å². The normalized spacial score (nSPS) is 10.1. The van der Waals surface area contributed by atoms with Crippen LogP contribution in [-0.2, 0) is 4.74 Å². The minimum Gasteiger partial charge on any atom is -0.499 e. The molecule has 0 amide bonds. The van der Waals surface area contributed by atoms with Crippen LogP contribution in [0.4, 0.5) is 0 Å². The van der Waals surface area contributed by atoms with Gasteiger partial charge in [0, 0.05) is 6.42 Å². The smallest absolute Gasteiger partial charge is 0.0914 e. The van der Waals surface area contributed by atoms with E-state index in [0.717, 1.165) is 18.8 Å². The molecule has 0 aliphatic rings. The first kappa shape index (κ1) is 13.2. The fourth-order valence-electron chi connectivity index (χ4n) is 0.575. The first-order chi connectivity index (χ1) is 5.26. The first-order valence-electron chi connectivity index (χ1n) is 4.54. The maximum absolute atomic E-state index is 5.20. The topological polar surface area (TPSA) is 9.23 Å². The molecule has 0 heterocycles. The van der Waals surface area contributed by atoms with Crippen LogP contribution in [0, 0.1) is 0 Å². The highest BCUT2D eigenvalue weighted by molar-refractivity contribution is 4.88. The van der Waals surface area contributed by atoms with Gasteiger partial charge < -0.3 is 4.74 Å². The van der Waals surface area contributed by atoms with E-state index in [9.17, 15) is 0 Å². The number of hydrogen-bond acceptors (Lipinski definition) is 1. The highest BCUT2D eigenvalue weighted by Gasteiger charge is 1.86. The summed E-state index contributed by atoms with van der Waals surface area (Å²) in [6.07, 6.45) is 4.26. The van der Waals surface area contributed by atoms with Crippen LogP contribution >= 0.6 is 0 Å². The fraction of sp³-hybridized carbons (Fsp3) is 0.800. The van der Waals surface area contributed by atoms with E-state index in [0.29, 0.717) is 0 Å². The second-order valence-corrected chi connectivity index (χ2v) is 2.25. The summed E-state index contributed by atoms with van der Waals surface area (Å²) in [5.41, 5.74) is 0. The molecule has 0 aromatic carbocycles. The van der Waals surface area contributed by atoms with Crippen molar-refractivity contribution < 1.29 is 4.74 Å². The summed E-state index contributed by atoms with van der Waals surface area (Å²) < 4.78 is 5.20. The van der Waals surface area contributed by atoms with E-state index < -0.39 is 0 Å². The lowest BCUT2D eigenvalue weighted by molar-refractivity contribution is 0.220. The van der Waals surface area contributed by atoms with Crippen molar-refractivity contribution in [3.8, 4) is 0 Å². The van der Waals surface area contributed by atoms with Crippen molar-refractivity contribution in [2.24, 2.45) is 0 Å². The summed E-state index contributed by atoms with van der Waals surface area (Å²) in [6, 6.07) is 0. The number of rotatable bonds is 3. The Bertz CT molecular complexity index is 84.9. The number of ether oxygens (including phenoxy) is 1. The van der Waals surface area contributed by atoms with Crippen molar-refractivity contribution in [2.75, 3.05) is 6.61 Å². The van der Waals surface area contributed by atoms with Gasteiger partial charge in [-0.15, -0.1) is 0 Å². The van der Waals surface area contributed by atoms with E-state index in [2.05, 4.69) is 20.8 Å². The average molecular weight is 158 g/mol. The van der Waals surface area contributed by atoms with Gasteiger partial charge in [0.1, 0.15) is 0 Å². The van der Waals surface area contributed by atoms with Crippen LogP contribution in [-0.4, -0.2) is 6.61 Å². The van der Waals surface area contributed by atoms with Crippen LogP contribution in [0.5, 0.6) is 0 Å². The highest BCUT2D eigenvalue weighted by Crippen LogP contribution is 2.00. The van der Waals surface area contributed by atoms with Crippen LogP contribution in [0.2, 0.25) is 0 Å². The zero-order chi connectivity index (χ0) is 9.11. The van der Waals surface area contributed by atoms with E-state index in [1.54, 1.807) is 0 Å². The molecule has 0 rings (SSSR count).